The molecule has 0 radical (unpaired) electrons. The largest absolute Gasteiger partial charge is 0.482 e. The smallest absolute Gasteiger partial charge is 0.304 e. The van der Waals surface area contributed by atoms with Crippen LogP contribution in [0.5, 0.6) is 5.75 Å². The third-order valence-electron chi connectivity index (χ3n) is 7.60. The number of carbonyl (C=O) groups is 1. The highest BCUT2D eigenvalue weighted by Gasteiger charge is 2.39. The number of carboxylic acid groups (broad SMARTS) is 1. The number of allylic oxidation sites excluding steroid dienone is 2. The van der Waals surface area contributed by atoms with Gasteiger partial charge in [-0.15, -0.1) is 12.6 Å². The van der Waals surface area contributed by atoms with Crippen LogP contribution in [0.25, 0.3) is 5.53 Å². The summed E-state index contributed by atoms with van der Waals surface area (Å²) in [5.74, 6) is -1.06. The first kappa shape index (κ1) is 27.7. The number of benzene rings is 1. The van der Waals surface area contributed by atoms with Gasteiger partial charge in [0, 0.05) is 30.8 Å². The molecule has 0 saturated heterocycles. The van der Waals surface area contributed by atoms with Crippen molar-refractivity contribution >= 4 is 40.0 Å². The Morgan fingerprint density at radius 2 is 2.08 bits per heavy atom. The number of hydrogen-bond donors (Lipinski definition) is 3. The summed E-state index contributed by atoms with van der Waals surface area (Å²) < 4.78 is 35.5. The number of hydrogen-bond acceptors (Lipinski definition) is 7. The van der Waals surface area contributed by atoms with E-state index >= 15 is 0 Å². The molecule has 4 bridgehead atoms. The molecule has 1 aromatic heterocycles. The van der Waals surface area contributed by atoms with Crippen LogP contribution in [-0.2, 0) is 14.8 Å². The van der Waals surface area contributed by atoms with Crippen molar-refractivity contribution < 1.29 is 28.1 Å². The number of fused-ring (bicyclic) bond motifs is 4. The molecule has 208 valence electrons. The number of rotatable bonds is 3. The van der Waals surface area contributed by atoms with Gasteiger partial charge in [0.1, 0.15) is 22.9 Å². The highest BCUT2D eigenvalue weighted by Crippen LogP contribution is 2.41. The molecule has 12 heteroatoms. The highest BCUT2D eigenvalue weighted by molar-refractivity contribution is 7.89. The first-order valence-corrected chi connectivity index (χ1v) is 14.8. The van der Waals surface area contributed by atoms with Crippen LogP contribution in [0, 0.1) is 6.92 Å². The van der Waals surface area contributed by atoms with Crippen LogP contribution in [-0.4, -0.2) is 61.1 Å². The molecule has 0 amide bonds. The van der Waals surface area contributed by atoms with E-state index in [9.17, 15) is 18.3 Å². The van der Waals surface area contributed by atoms with Gasteiger partial charge in [-0.05, 0) is 55.9 Å². The van der Waals surface area contributed by atoms with E-state index in [1.807, 2.05) is 44.0 Å². The maximum Gasteiger partial charge on any atom is 0.304 e. The Morgan fingerprint density at radius 3 is 2.77 bits per heavy atom. The predicted molar refractivity (Wildman–Crippen MR) is 151 cm³/mol. The van der Waals surface area contributed by atoms with Crippen LogP contribution in [0.3, 0.4) is 0 Å². The topological polar surface area (TPSA) is 119 Å². The summed E-state index contributed by atoms with van der Waals surface area (Å²) in [5, 5.41) is 12.6. The summed E-state index contributed by atoms with van der Waals surface area (Å²) in [7, 11) is -3.95. The van der Waals surface area contributed by atoms with Crippen molar-refractivity contribution in [2.24, 2.45) is 0 Å². The molecule has 0 aliphatic carbocycles. The SMILES string of the molecule is CCN1[N-][NH+]2C[C@@H]3CN(CC(=C(\C)S)/C=C(\C)[C@@H](CC(=O)O)c4ccc1c2c4C)S(=O)(=O)c1cnccc1O3. The van der Waals surface area contributed by atoms with Crippen LogP contribution in [0.15, 0.2) is 57.6 Å². The third kappa shape index (κ3) is 5.07. The maximum atomic E-state index is 13.9. The first-order chi connectivity index (χ1) is 18.5. The van der Waals surface area contributed by atoms with Gasteiger partial charge in [0.2, 0.25) is 10.0 Å². The Kier molecular flexibility index (Phi) is 7.51. The third-order valence-corrected chi connectivity index (χ3v) is 9.70. The lowest BCUT2D eigenvalue weighted by atomic mass is 9.84. The summed E-state index contributed by atoms with van der Waals surface area (Å²) in [6.07, 6.45) is 4.11. The van der Waals surface area contributed by atoms with Gasteiger partial charge in [0.15, 0.2) is 6.10 Å². The van der Waals surface area contributed by atoms with Gasteiger partial charge >= 0.3 is 5.97 Å². The van der Waals surface area contributed by atoms with Crippen molar-refractivity contribution in [3.05, 3.63) is 69.4 Å². The number of anilines is 1. The maximum absolute atomic E-state index is 13.9. The lowest BCUT2D eigenvalue weighted by Gasteiger charge is -2.33. The molecular formula is C27H33N5O5S2. The van der Waals surface area contributed by atoms with Gasteiger partial charge in [-0.1, -0.05) is 17.7 Å². The van der Waals surface area contributed by atoms with E-state index in [2.05, 4.69) is 17.6 Å². The lowest BCUT2D eigenvalue weighted by Crippen LogP contribution is -3.04. The Bertz CT molecular complexity index is 1490. The van der Waals surface area contributed by atoms with Crippen molar-refractivity contribution in [2.75, 3.05) is 31.2 Å². The zero-order valence-electron chi connectivity index (χ0n) is 22.4. The number of nitrogens with zero attached hydrogens (tertiary/aromatic N) is 4. The first-order valence-electron chi connectivity index (χ1n) is 12.9. The van der Waals surface area contributed by atoms with Crippen LogP contribution in [0.4, 0.5) is 11.4 Å². The summed E-state index contributed by atoms with van der Waals surface area (Å²) in [4.78, 5) is 16.7. The molecule has 4 heterocycles. The van der Waals surface area contributed by atoms with Gasteiger partial charge in [0.25, 0.3) is 0 Å². The van der Waals surface area contributed by atoms with Crippen molar-refractivity contribution in [2.45, 2.75) is 51.0 Å². The number of quaternary nitrogens is 1. The van der Waals surface area contributed by atoms with Crippen LogP contribution in [0.2, 0.25) is 0 Å². The van der Waals surface area contributed by atoms with Gasteiger partial charge < -0.3 is 25.4 Å². The Hall–Kier alpha value is -2.90. The van der Waals surface area contributed by atoms with Gasteiger partial charge in [-0.3, -0.25) is 9.78 Å². The molecule has 3 aliphatic rings. The van der Waals surface area contributed by atoms with Gasteiger partial charge in [0.05, 0.1) is 24.8 Å². The van der Waals surface area contributed by atoms with Crippen molar-refractivity contribution in [3.63, 3.8) is 0 Å². The molecule has 2 unspecified atom stereocenters. The molecule has 1 aromatic carbocycles. The number of pyridine rings is 1. The molecule has 0 saturated carbocycles. The monoisotopic (exact) mass is 571 g/mol. The average molecular weight is 572 g/mol. The van der Waals surface area contributed by atoms with E-state index in [0.717, 1.165) is 33.1 Å². The number of aliphatic carboxylic acids is 1. The number of sulfonamides is 1. The Labute approximate surface area is 234 Å². The number of thiol groups is 1. The molecule has 2 aromatic rings. The standard InChI is InChI=1S/C27H33N5O5S2/c1-5-31-23-7-6-21-17(3)27(23)32(29-31)15-20-14-30(39(35,36)25-12-28-9-8-24(25)37-20)13-19(18(4)38)10-16(2)22(21)11-26(33)34/h6-10,12,20,22,32,38H,5,11,13-15H2,1-4H3,(H,33,34)/b16-10+,19-18+/t20-,22+/m0/s1. The minimum atomic E-state index is -3.95. The summed E-state index contributed by atoms with van der Waals surface area (Å²) in [6.45, 7) is 8.92. The van der Waals surface area contributed by atoms with Crippen LogP contribution >= 0.6 is 12.6 Å². The molecule has 3 aliphatic heterocycles. The normalized spacial score (nSPS) is 28.4. The van der Waals surface area contributed by atoms with Crippen LogP contribution in [0.1, 0.15) is 44.2 Å². The summed E-state index contributed by atoms with van der Waals surface area (Å²) in [5.41, 5.74) is 10.2. The molecule has 39 heavy (non-hydrogen) atoms. The van der Waals surface area contributed by atoms with Crippen molar-refractivity contribution in [1.29, 1.82) is 0 Å². The summed E-state index contributed by atoms with van der Waals surface area (Å²) >= 11 is 4.59. The molecule has 5 rings (SSSR count). The van der Waals surface area contributed by atoms with E-state index < -0.39 is 28.0 Å². The molecule has 10 nitrogen and oxygen atoms in total. The minimum absolute atomic E-state index is 0.0163. The quantitative estimate of drug-likeness (QED) is 0.485. The highest BCUT2D eigenvalue weighted by atomic mass is 32.2. The van der Waals surface area contributed by atoms with E-state index in [0.29, 0.717) is 23.6 Å². The molecule has 4 atom stereocenters. The fourth-order valence-electron chi connectivity index (χ4n) is 5.64. The van der Waals surface area contributed by atoms with E-state index in [-0.39, 0.29) is 30.2 Å². The molecule has 2 N–H and O–H groups in total. The Balaban J connectivity index is 1.74. The van der Waals surface area contributed by atoms with Gasteiger partial charge in [-0.25, -0.2) is 8.42 Å². The van der Waals surface area contributed by atoms with E-state index in [1.54, 1.807) is 13.0 Å². The molecular weight excluding hydrogens is 538 g/mol. The number of aromatic nitrogens is 1. The molecule has 0 spiro atoms. The lowest BCUT2D eigenvalue weighted by molar-refractivity contribution is -0.791. The zero-order valence-corrected chi connectivity index (χ0v) is 24.1. The second-order valence-corrected chi connectivity index (χ2v) is 12.7. The van der Waals surface area contributed by atoms with Gasteiger partial charge in [-0.2, -0.15) is 4.31 Å². The number of carboxylic acids is 1. The van der Waals surface area contributed by atoms with Crippen LogP contribution < -0.4 is 14.8 Å². The van der Waals surface area contributed by atoms with E-state index in [4.69, 9.17) is 10.3 Å². The van der Waals surface area contributed by atoms with Crippen molar-refractivity contribution in [1.82, 2.24) is 9.29 Å². The summed E-state index contributed by atoms with van der Waals surface area (Å²) in [6, 6.07) is 5.58. The zero-order chi connectivity index (χ0) is 28.1. The molecule has 0 fully saturated rings. The minimum Gasteiger partial charge on any atom is -0.482 e. The van der Waals surface area contributed by atoms with Crippen molar-refractivity contribution in [3.8, 4) is 5.75 Å². The van der Waals surface area contributed by atoms with E-state index in [1.165, 1.54) is 16.7 Å². The predicted octanol–water partition coefficient (Wildman–Crippen LogP) is 3.12. The Morgan fingerprint density at radius 1 is 1.31 bits per heavy atom. The fraction of sp³-hybridized carbons (Fsp3) is 0.407. The second-order valence-electron chi connectivity index (χ2n) is 10.1. The number of ether oxygens (including phenoxy) is 1. The second kappa shape index (κ2) is 10.6. The number of nitrogens with one attached hydrogen (secondary N) is 1. The fourth-order valence-corrected chi connectivity index (χ4v) is 7.28. The average Bonchev–Trinajstić information content (AvgIpc) is 3.19.